The molecular weight excluding hydrogens is 376 g/mol. The van der Waals surface area contributed by atoms with E-state index in [1.54, 1.807) is 6.20 Å². The number of piperidine rings is 1. The average molecular weight is 413 g/mol. The van der Waals surface area contributed by atoms with Crippen LogP contribution in [0.2, 0.25) is 0 Å². The first kappa shape index (κ1) is 22.3. The second kappa shape index (κ2) is 11.7. The Balaban J connectivity index is 1.66. The molecule has 0 amide bonds. The van der Waals surface area contributed by atoms with Crippen molar-refractivity contribution in [2.75, 3.05) is 46.9 Å². The van der Waals surface area contributed by atoms with Crippen molar-refractivity contribution in [3.8, 4) is 5.75 Å². The highest BCUT2D eigenvalue weighted by Gasteiger charge is 2.23. The predicted molar refractivity (Wildman–Crippen MR) is 124 cm³/mol. The van der Waals surface area contributed by atoms with Crippen LogP contribution in [0.4, 0.5) is 0 Å². The summed E-state index contributed by atoms with van der Waals surface area (Å²) in [5.74, 6) is 2.44. The van der Waals surface area contributed by atoms with Crippen LogP contribution in [0.5, 0.6) is 5.75 Å². The van der Waals surface area contributed by atoms with Crippen LogP contribution in [0.25, 0.3) is 0 Å². The first-order chi connectivity index (χ1) is 14.7. The van der Waals surface area contributed by atoms with Gasteiger partial charge in [0.05, 0.1) is 11.8 Å². The second-order valence-electron chi connectivity index (χ2n) is 8.26. The van der Waals surface area contributed by atoms with Crippen LogP contribution < -0.4 is 21.1 Å². The van der Waals surface area contributed by atoms with Gasteiger partial charge in [-0.1, -0.05) is 12.1 Å². The van der Waals surface area contributed by atoms with Gasteiger partial charge >= 0.3 is 0 Å². The van der Waals surface area contributed by atoms with E-state index in [-0.39, 0.29) is 6.04 Å². The first-order valence-electron chi connectivity index (χ1n) is 11.0. The molecule has 30 heavy (non-hydrogen) atoms. The minimum absolute atomic E-state index is 0.133. The standard InChI is InChI=1S/C23H36N6O/c1-29(2)14-15-30-20-7-5-19(6-8-20)21-9-10-22(26-13-11-24)23(28-21)27-17-18-4-3-12-25-16-18/h5-8,11,13,18,21,25H,3-4,9-10,12,14-17,24H2,1-2H3,(H,27,28)/b13-11-,26-22+. The number of rotatable bonds is 8. The number of hydrogen-bond donors (Lipinski definition) is 3. The summed E-state index contributed by atoms with van der Waals surface area (Å²) in [6.45, 7) is 4.70. The largest absolute Gasteiger partial charge is 0.492 e. The molecule has 4 N–H and O–H groups in total. The SMILES string of the molecule is CN(C)CCOc1ccc(C2CC/C(=N\C=C/N)C(NCC3CCCNC3)=N2)cc1. The summed E-state index contributed by atoms with van der Waals surface area (Å²) in [5.41, 5.74) is 7.69. The smallest absolute Gasteiger partial charge is 0.143 e. The maximum Gasteiger partial charge on any atom is 0.143 e. The molecule has 1 saturated heterocycles. The van der Waals surface area contributed by atoms with E-state index in [0.717, 1.165) is 56.3 Å². The summed E-state index contributed by atoms with van der Waals surface area (Å²) in [4.78, 5) is 11.6. The predicted octanol–water partition coefficient (Wildman–Crippen LogP) is 2.32. The maximum atomic E-state index is 5.81. The Labute approximate surface area is 180 Å². The highest BCUT2D eigenvalue weighted by Crippen LogP contribution is 2.28. The maximum absolute atomic E-state index is 5.81. The van der Waals surface area contributed by atoms with Crippen molar-refractivity contribution >= 4 is 11.5 Å². The molecule has 1 aromatic carbocycles. The molecule has 1 fully saturated rings. The normalized spacial score (nSPS) is 23.7. The van der Waals surface area contributed by atoms with Crippen molar-refractivity contribution < 1.29 is 4.74 Å². The number of hydrogen-bond acceptors (Lipinski definition) is 7. The molecule has 0 aliphatic carbocycles. The van der Waals surface area contributed by atoms with Gasteiger partial charge in [-0.2, -0.15) is 0 Å². The molecule has 2 aliphatic heterocycles. The first-order valence-corrected chi connectivity index (χ1v) is 11.0. The van der Waals surface area contributed by atoms with E-state index >= 15 is 0 Å². The Hall–Kier alpha value is -2.38. The summed E-state index contributed by atoms with van der Waals surface area (Å²) < 4.78 is 5.81. The minimum atomic E-state index is 0.133. The molecule has 2 aliphatic rings. The Morgan fingerprint density at radius 2 is 2.13 bits per heavy atom. The Morgan fingerprint density at radius 1 is 1.30 bits per heavy atom. The fraction of sp³-hybridized carbons (Fsp3) is 0.565. The van der Waals surface area contributed by atoms with Crippen molar-refractivity contribution in [2.45, 2.75) is 31.7 Å². The van der Waals surface area contributed by atoms with Crippen molar-refractivity contribution in [1.29, 1.82) is 0 Å². The molecule has 0 bridgehead atoms. The number of amidine groups is 1. The molecule has 0 saturated carbocycles. The zero-order chi connectivity index (χ0) is 21.2. The van der Waals surface area contributed by atoms with Gasteiger partial charge in [0, 0.05) is 25.5 Å². The third kappa shape index (κ3) is 6.85. The van der Waals surface area contributed by atoms with Gasteiger partial charge < -0.3 is 26.0 Å². The number of ether oxygens (including phenoxy) is 1. The number of likely N-dealkylation sites (N-methyl/N-ethyl adjacent to an activating group) is 1. The quantitative estimate of drug-likeness (QED) is 0.610. The van der Waals surface area contributed by atoms with Crippen LogP contribution >= 0.6 is 0 Å². The van der Waals surface area contributed by atoms with E-state index < -0.39 is 0 Å². The number of nitrogens with two attached hydrogens (primary N) is 1. The molecule has 3 rings (SSSR count). The molecule has 0 radical (unpaired) electrons. The van der Waals surface area contributed by atoms with Gasteiger partial charge in [-0.25, -0.2) is 0 Å². The lowest BCUT2D eigenvalue weighted by molar-refractivity contribution is 0.261. The monoisotopic (exact) mass is 412 g/mol. The summed E-state index contributed by atoms with van der Waals surface area (Å²) in [6, 6.07) is 8.48. The zero-order valence-electron chi connectivity index (χ0n) is 18.3. The lowest BCUT2D eigenvalue weighted by Crippen LogP contribution is -2.41. The highest BCUT2D eigenvalue weighted by molar-refractivity contribution is 6.42. The van der Waals surface area contributed by atoms with E-state index in [9.17, 15) is 0 Å². The van der Waals surface area contributed by atoms with Crippen LogP contribution in [-0.2, 0) is 0 Å². The van der Waals surface area contributed by atoms with Crippen LogP contribution in [-0.4, -0.2) is 63.3 Å². The molecule has 7 nitrogen and oxygen atoms in total. The van der Waals surface area contributed by atoms with Crippen molar-refractivity contribution in [1.82, 2.24) is 15.5 Å². The highest BCUT2D eigenvalue weighted by atomic mass is 16.5. The number of nitrogens with zero attached hydrogens (tertiary/aromatic N) is 3. The number of benzene rings is 1. The van der Waals surface area contributed by atoms with Crippen molar-refractivity contribution in [2.24, 2.45) is 21.6 Å². The van der Waals surface area contributed by atoms with Gasteiger partial charge in [0.15, 0.2) is 0 Å². The van der Waals surface area contributed by atoms with E-state index in [1.807, 2.05) is 26.2 Å². The fourth-order valence-corrected chi connectivity index (χ4v) is 3.81. The van der Waals surface area contributed by atoms with Gasteiger partial charge in [0.2, 0.25) is 0 Å². The van der Waals surface area contributed by atoms with E-state index in [1.165, 1.54) is 24.6 Å². The van der Waals surface area contributed by atoms with Crippen LogP contribution in [0.15, 0.2) is 46.7 Å². The van der Waals surface area contributed by atoms with E-state index in [4.69, 9.17) is 15.5 Å². The van der Waals surface area contributed by atoms with E-state index in [2.05, 4.69) is 32.7 Å². The topological polar surface area (TPSA) is 87.3 Å². The average Bonchev–Trinajstić information content (AvgIpc) is 2.77. The molecule has 0 aromatic heterocycles. The summed E-state index contributed by atoms with van der Waals surface area (Å²) >= 11 is 0. The molecular formula is C23H36N6O. The third-order valence-corrected chi connectivity index (χ3v) is 5.56. The number of nitrogens with one attached hydrogen (secondary N) is 2. The molecule has 1 aromatic rings. The Kier molecular flexibility index (Phi) is 8.71. The lowest BCUT2D eigenvalue weighted by Gasteiger charge is -2.27. The van der Waals surface area contributed by atoms with E-state index in [0.29, 0.717) is 12.5 Å². The van der Waals surface area contributed by atoms with Gasteiger partial charge in [0.1, 0.15) is 18.2 Å². The lowest BCUT2D eigenvalue weighted by atomic mass is 9.96. The molecule has 2 atom stereocenters. The zero-order valence-corrected chi connectivity index (χ0v) is 18.3. The molecule has 2 unspecified atom stereocenters. The van der Waals surface area contributed by atoms with Crippen molar-refractivity contribution in [3.63, 3.8) is 0 Å². The third-order valence-electron chi connectivity index (χ3n) is 5.56. The summed E-state index contributed by atoms with van der Waals surface area (Å²) in [5, 5.41) is 7.05. The number of aliphatic imine (C=N–C) groups is 2. The molecule has 0 spiro atoms. The van der Waals surface area contributed by atoms with Gasteiger partial charge in [-0.15, -0.1) is 0 Å². The Bertz CT molecular complexity index is 735. The minimum Gasteiger partial charge on any atom is -0.492 e. The fourth-order valence-electron chi connectivity index (χ4n) is 3.81. The molecule has 164 valence electrons. The van der Waals surface area contributed by atoms with Crippen molar-refractivity contribution in [3.05, 3.63) is 42.2 Å². The summed E-state index contributed by atoms with van der Waals surface area (Å²) in [6.07, 6.45) is 7.42. The van der Waals surface area contributed by atoms with Gasteiger partial charge in [-0.3, -0.25) is 9.98 Å². The molecule has 7 heteroatoms. The Morgan fingerprint density at radius 3 is 2.83 bits per heavy atom. The summed E-state index contributed by atoms with van der Waals surface area (Å²) in [7, 11) is 4.09. The van der Waals surface area contributed by atoms with Crippen LogP contribution in [0.3, 0.4) is 0 Å². The second-order valence-corrected chi connectivity index (χ2v) is 8.26. The van der Waals surface area contributed by atoms with Crippen LogP contribution in [0.1, 0.15) is 37.3 Å². The van der Waals surface area contributed by atoms with Gasteiger partial charge in [-0.05, 0) is 76.5 Å². The molecule has 2 heterocycles. The van der Waals surface area contributed by atoms with Crippen LogP contribution in [0, 0.1) is 5.92 Å². The van der Waals surface area contributed by atoms with Gasteiger partial charge in [0.25, 0.3) is 0 Å².